The third kappa shape index (κ3) is 3.39. The van der Waals surface area contributed by atoms with E-state index in [2.05, 4.69) is 17.2 Å². The zero-order chi connectivity index (χ0) is 11.4. The van der Waals surface area contributed by atoms with Crippen molar-refractivity contribution in [2.75, 3.05) is 13.1 Å². The summed E-state index contributed by atoms with van der Waals surface area (Å²) in [5.74, 6) is 3.18. The molecular formula is C13H25N3. The molecule has 3 heteroatoms. The first-order valence-electron chi connectivity index (χ1n) is 6.78. The molecule has 0 saturated heterocycles. The van der Waals surface area contributed by atoms with Crippen molar-refractivity contribution in [3.63, 3.8) is 0 Å². The Morgan fingerprint density at radius 3 is 2.62 bits per heavy atom. The van der Waals surface area contributed by atoms with E-state index in [1.807, 2.05) is 0 Å². The highest BCUT2D eigenvalue weighted by molar-refractivity contribution is 5.77. The SMILES string of the molecule is CC1CCC(CN=C(N)NCC2CCC2)C1. The van der Waals surface area contributed by atoms with Gasteiger partial charge in [-0.3, -0.25) is 4.99 Å². The Morgan fingerprint density at radius 1 is 1.25 bits per heavy atom. The number of hydrogen-bond acceptors (Lipinski definition) is 1. The molecule has 2 unspecified atom stereocenters. The Balaban J connectivity index is 1.61. The van der Waals surface area contributed by atoms with Crippen molar-refractivity contribution in [1.29, 1.82) is 0 Å². The van der Waals surface area contributed by atoms with Gasteiger partial charge in [0.1, 0.15) is 0 Å². The third-order valence-electron chi connectivity index (χ3n) is 4.12. The van der Waals surface area contributed by atoms with E-state index in [0.717, 1.165) is 30.8 Å². The summed E-state index contributed by atoms with van der Waals surface area (Å²) >= 11 is 0. The van der Waals surface area contributed by atoms with Crippen LogP contribution in [0.5, 0.6) is 0 Å². The van der Waals surface area contributed by atoms with Crippen molar-refractivity contribution in [2.45, 2.75) is 45.4 Å². The summed E-state index contributed by atoms with van der Waals surface area (Å²) in [6, 6.07) is 0. The van der Waals surface area contributed by atoms with Crippen LogP contribution in [0.15, 0.2) is 4.99 Å². The molecule has 0 aliphatic heterocycles. The molecule has 0 aromatic carbocycles. The fourth-order valence-corrected chi connectivity index (χ4v) is 2.72. The average molecular weight is 223 g/mol. The monoisotopic (exact) mass is 223 g/mol. The number of nitrogens with one attached hydrogen (secondary N) is 1. The van der Waals surface area contributed by atoms with Crippen LogP contribution >= 0.6 is 0 Å². The summed E-state index contributed by atoms with van der Waals surface area (Å²) in [5, 5.41) is 3.25. The van der Waals surface area contributed by atoms with Gasteiger partial charge in [-0.05, 0) is 43.4 Å². The molecular weight excluding hydrogens is 198 g/mol. The van der Waals surface area contributed by atoms with E-state index in [-0.39, 0.29) is 0 Å². The Labute approximate surface area is 98.9 Å². The Morgan fingerprint density at radius 2 is 2.06 bits per heavy atom. The van der Waals surface area contributed by atoms with Crippen LogP contribution < -0.4 is 11.1 Å². The molecule has 0 radical (unpaired) electrons. The van der Waals surface area contributed by atoms with Crippen molar-refractivity contribution in [1.82, 2.24) is 5.32 Å². The summed E-state index contributed by atoms with van der Waals surface area (Å²) < 4.78 is 0. The first-order chi connectivity index (χ1) is 7.74. The third-order valence-corrected chi connectivity index (χ3v) is 4.12. The summed E-state index contributed by atoms with van der Waals surface area (Å²) in [4.78, 5) is 4.45. The van der Waals surface area contributed by atoms with Crippen LogP contribution in [0.25, 0.3) is 0 Å². The van der Waals surface area contributed by atoms with Crippen molar-refractivity contribution >= 4 is 5.96 Å². The van der Waals surface area contributed by atoms with E-state index >= 15 is 0 Å². The van der Waals surface area contributed by atoms with E-state index < -0.39 is 0 Å². The molecule has 0 amide bonds. The number of nitrogens with two attached hydrogens (primary N) is 1. The molecule has 0 spiro atoms. The number of hydrogen-bond donors (Lipinski definition) is 2. The molecule has 3 nitrogen and oxygen atoms in total. The summed E-state index contributed by atoms with van der Waals surface area (Å²) in [6.45, 7) is 4.28. The second kappa shape index (κ2) is 5.55. The van der Waals surface area contributed by atoms with Crippen LogP contribution in [0, 0.1) is 17.8 Å². The molecule has 92 valence electrons. The number of aliphatic imine (C=N–C) groups is 1. The Hall–Kier alpha value is -0.730. The standard InChI is InChI=1S/C13H25N3/c1-10-5-6-12(7-10)9-16-13(14)15-8-11-3-2-4-11/h10-12H,2-9H2,1H3,(H3,14,15,16). The van der Waals surface area contributed by atoms with Crippen LogP contribution in [-0.2, 0) is 0 Å². The predicted molar refractivity (Wildman–Crippen MR) is 68.3 cm³/mol. The molecule has 0 aromatic rings. The van der Waals surface area contributed by atoms with Crippen LogP contribution in [0.1, 0.15) is 45.4 Å². The van der Waals surface area contributed by atoms with Crippen LogP contribution in [-0.4, -0.2) is 19.0 Å². The van der Waals surface area contributed by atoms with Gasteiger partial charge in [0.25, 0.3) is 0 Å². The highest BCUT2D eigenvalue weighted by Crippen LogP contribution is 2.30. The minimum absolute atomic E-state index is 0.659. The highest BCUT2D eigenvalue weighted by Gasteiger charge is 2.21. The minimum atomic E-state index is 0.659. The normalized spacial score (nSPS) is 31.4. The van der Waals surface area contributed by atoms with Gasteiger partial charge < -0.3 is 11.1 Å². The maximum Gasteiger partial charge on any atom is 0.188 e. The lowest BCUT2D eigenvalue weighted by molar-refractivity contribution is 0.315. The first-order valence-corrected chi connectivity index (χ1v) is 6.78. The number of rotatable bonds is 4. The summed E-state index contributed by atoms with van der Waals surface area (Å²) in [6.07, 6.45) is 8.15. The summed E-state index contributed by atoms with van der Waals surface area (Å²) in [7, 11) is 0. The Kier molecular flexibility index (Phi) is 4.08. The number of guanidine groups is 1. The zero-order valence-electron chi connectivity index (χ0n) is 10.4. The smallest absolute Gasteiger partial charge is 0.188 e. The van der Waals surface area contributed by atoms with Crippen molar-refractivity contribution in [3.8, 4) is 0 Å². The lowest BCUT2D eigenvalue weighted by Gasteiger charge is -2.25. The second-order valence-electron chi connectivity index (χ2n) is 5.69. The maximum absolute atomic E-state index is 5.85. The molecule has 2 rings (SSSR count). The Bertz CT molecular complexity index is 246. The predicted octanol–water partition coefficient (Wildman–Crippen LogP) is 2.13. The molecule has 2 fully saturated rings. The van der Waals surface area contributed by atoms with E-state index in [0.29, 0.717) is 5.96 Å². The van der Waals surface area contributed by atoms with Crippen molar-refractivity contribution < 1.29 is 0 Å². The first kappa shape index (κ1) is 11.7. The van der Waals surface area contributed by atoms with Gasteiger partial charge in [-0.2, -0.15) is 0 Å². The van der Waals surface area contributed by atoms with Crippen molar-refractivity contribution in [2.24, 2.45) is 28.5 Å². The van der Waals surface area contributed by atoms with Gasteiger partial charge in [-0.1, -0.05) is 19.8 Å². The molecule has 2 aliphatic rings. The average Bonchev–Trinajstić information content (AvgIpc) is 2.59. The van der Waals surface area contributed by atoms with Gasteiger partial charge in [0.2, 0.25) is 0 Å². The van der Waals surface area contributed by atoms with Gasteiger partial charge in [0, 0.05) is 13.1 Å². The maximum atomic E-state index is 5.85. The largest absolute Gasteiger partial charge is 0.370 e. The molecule has 0 aromatic heterocycles. The van der Waals surface area contributed by atoms with E-state index in [4.69, 9.17) is 5.73 Å². The zero-order valence-corrected chi connectivity index (χ0v) is 10.4. The van der Waals surface area contributed by atoms with Gasteiger partial charge in [-0.25, -0.2) is 0 Å². The number of nitrogens with zero attached hydrogens (tertiary/aromatic N) is 1. The topological polar surface area (TPSA) is 50.4 Å². The van der Waals surface area contributed by atoms with Gasteiger partial charge in [-0.15, -0.1) is 0 Å². The molecule has 2 aliphatic carbocycles. The lowest BCUT2D eigenvalue weighted by Crippen LogP contribution is -2.37. The molecule has 3 N–H and O–H groups in total. The van der Waals surface area contributed by atoms with E-state index in [1.165, 1.54) is 38.5 Å². The van der Waals surface area contributed by atoms with E-state index in [1.54, 1.807) is 0 Å². The van der Waals surface area contributed by atoms with Crippen LogP contribution in [0.3, 0.4) is 0 Å². The van der Waals surface area contributed by atoms with Crippen molar-refractivity contribution in [3.05, 3.63) is 0 Å². The van der Waals surface area contributed by atoms with Gasteiger partial charge in [0.05, 0.1) is 0 Å². The van der Waals surface area contributed by atoms with E-state index in [9.17, 15) is 0 Å². The highest BCUT2D eigenvalue weighted by atomic mass is 15.1. The quantitative estimate of drug-likeness (QED) is 0.566. The van der Waals surface area contributed by atoms with Crippen LogP contribution in [0.4, 0.5) is 0 Å². The fraction of sp³-hybridized carbons (Fsp3) is 0.923. The summed E-state index contributed by atoms with van der Waals surface area (Å²) in [5.41, 5.74) is 5.85. The molecule has 0 heterocycles. The van der Waals surface area contributed by atoms with Gasteiger partial charge in [0.15, 0.2) is 5.96 Å². The lowest BCUT2D eigenvalue weighted by atomic mass is 9.85. The second-order valence-corrected chi connectivity index (χ2v) is 5.69. The molecule has 16 heavy (non-hydrogen) atoms. The minimum Gasteiger partial charge on any atom is -0.370 e. The van der Waals surface area contributed by atoms with Gasteiger partial charge >= 0.3 is 0 Å². The fourth-order valence-electron chi connectivity index (χ4n) is 2.72. The molecule has 2 saturated carbocycles. The van der Waals surface area contributed by atoms with Crippen LogP contribution in [0.2, 0.25) is 0 Å². The molecule has 2 atom stereocenters. The molecule has 0 bridgehead atoms.